The van der Waals surface area contributed by atoms with E-state index in [1.165, 1.54) is 17.8 Å². The minimum absolute atomic E-state index is 0.395. The summed E-state index contributed by atoms with van der Waals surface area (Å²) in [5.74, 6) is -0.633. The fraction of sp³-hybridized carbons (Fsp3) is 0.316. The molecular weight excluding hydrogens is 308 g/mol. The molecule has 1 N–H and O–H groups in total. The van der Waals surface area contributed by atoms with E-state index in [4.69, 9.17) is 0 Å². The standard InChI is InChI=1S/C19H19F2N3/c20-16-7-13(8-17(21)10-16)11-24-6-2-4-15(12-24)18-9-14-3-1-5-22-19(14)23-18/h1,3,5,7-10,15H,2,4,6,11-12H2,(H,22,23). The largest absolute Gasteiger partial charge is 0.343 e. The molecule has 0 radical (unpaired) electrons. The summed E-state index contributed by atoms with van der Waals surface area (Å²) in [7, 11) is 0. The zero-order valence-corrected chi connectivity index (χ0v) is 13.3. The summed E-state index contributed by atoms with van der Waals surface area (Å²) in [5.41, 5.74) is 2.79. The molecule has 24 heavy (non-hydrogen) atoms. The van der Waals surface area contributed by atoms with Crippen molar-refractivity contribution in [3.63, 3.8) is 0 Å². The third kappa shape index (κ3) is 3.17. The molecule has 0 spiro atoms. The van der Waals surface area contributed by atoms with Gasteiger partial charge in [-0.05, 0) is 55.3 Å². The Labute approximate surface area is 139 Å². The monoisotopic (exact) mass is 327 g/mol. The minimum Gasteiger partial charge on any atom is -0.343 e. The molecule has 0 saturated carbocycles. The number of nitrogens with zero attached hydrogens (tertiary/aromatic N) is 2. The van der Waals surface area contributed by atoms with Crippen LogP contribution in [0.25, 0.3) is 11.0 Å². The number of aromatic amines is 1. The first-order valence-electron chi connectivity index (χ1n) is 8.28. The number of halogens is 2. The Hall–Kier alpha value is -2.27. The number of nitrogens with one attached hydrogen (secondary N) is 1. The quantitative estimate of drug-likeness (QED) is 0.781. The fourth-order valence-corrected chi connectivity index (χ4v) is 3.61. The highest BCUT2D eigenvalue weighted by Crippen LogP contribution is 2.29. The molecule has 1 saturated heterocycles. The molecule has 3 heterocycles. The van der Waals surface area contributed by atoms with E-state index < -0.39 is 11.6 Å². The first kappa shape index (κ1) is 15.3. The summed E-state index contributed by atoms with van der Waals surface area (Å²) >= 11 is 0. The summed E-state index contributed by atoms with van der Waals surface area (Å²) in [6, 6.07) is 9.90. The van der Waals surface area contributed by atoms with E-state index in [9.17, 15) is 8.78 Å². The van der Waals surface area contributed by atoms with Crippen LogP contribution in [0.2, 0.25) is 0 Å². The van der Waals surface area contributed by atoms with Crippen molar-refractivity contribution in [2.75, 3.05) is 13.1 Å². The van der Waals surface area contributed by atoms with Crippen molar-refractivity contribution in [2.45, 2.75) is 25.3 Å². The van der Waals surface area contributed by atoms with Gasteiger partial charge in [-0.25, -0.2) is 13.8 Å². The molecule has 1 aromatic carbocycles. The van der Waals surface area contributed by atoms with Crippen LogP contribution in [-0.4, -0.2) is 28.0 Å². The Balaban J connectivity index is 1.50. The summed E-state index contributed by atoms with van der Waals surface area (Å²) in [6.07, 6.45) is 3.97. The van der Waals surface area contributed by atoms with E-state index >= 15 is 0 Å². The van der Waals surface area contributed by atoms with Crippen molar-refractivity contribution in [2.24, 2.45) is 0 Å². The van der Waals surface area contributed by atoms with E-state index in [2.05, 4.69) is 27.0 Å². The number of rotatable bonds is 3. The maximum atomic E-state index is 13.4. The molecule has 0 aliphatic carbocycles. The van der Waals surface area contributed by atoms with Crippen molar-refractivity contribution >= 4 is 11.0 Å². The molecule has 124 valence electrons. The molecule has 1 aliphatic heterocycles. The van der Waals surface area contributed by atoms with Crippen LogP contribution in [0.3, 0.4) is 0 Å². The van der Waals surface area contributed by atoms with Crippen LogP contribution < -0.4 is 0 Å². The average Bonchev–Trinajstić information content (AvgIpc) is 2.98. The lowest BCUT2D eigenvalue weighted by Gasteiger charge is -2.32. The number of likely N-dealkylation sites (tertiary alicyclic amines) is 1. The zero-order valence-electron chi connectivity index (χ0n) is 13.3. The fourth-order valence-electron chi connectivity index (χ4n) is 3.61. The summed E-state index contributed by atoms with van der Waals surface area (Å²) < 4.78 is 26.7. The van der Waals surface area contributed by atoms with Gasteiger partial charge in [-0.2, -0.15) is 0 Å². The number of pyridine rings is 1. The number of benzene rings is 1. The van der Waals surface area contributed by atoms with E-state index in [0.29, 0.717) is 18.0 Å². The van der Waals surface area contributed by atoms with Crippen LogP contribution in [0.4, 0.5) is 8.78 Å². The second kappa shape index (κ2) is 6.32. The third-order valence-electron chi connectivity index (χ3n) is 4.69. The Bertz CT molecular complexity index is 805. The molecule has 4 rings (SSSR count). The highest BCUT2D eigenvalue weighted by molar-refractivity contribution is 5.76. The van der Waals surface area contributed by atoms with E-state index in [1.54, 1.807) is 6.20 Å². The minimum atomic E-state index is -0.514. The van der Waals surface area contributed by atoms with Crippen LogP contribution in [0, 0.1) is 11.6 Å². The van der Waals surface area contributed by atoms with Gasteiger partial charge in [0.25, 0.3) is 0 Å². The van der Waals surface area contributed by atoms with Gasteiger partial charge >= 0.3 is 0 Å². The number of H-pyrrole nitrogens is 1. The Morgan fingerprint density at radius 2 is 2.00 bits per heavy atom. The predicted octanol–water partition coefficient (Wildman–Crippen LogP) is 4.22. The molecule has 0 bridgehead atoms. The van der Waals surface area contributed by atoms with Gasteiger partial charge in [0.2, 0.25) is 0 Å². The highest BCUT2D eigenvalue weighted by atomic mass is 19.1. The molecule has 1 atom stereocenters. The van der Waals surface area contributed by atoms with Crippen molar-refractivity contribution in [1.82, 2.24) is 14.9 Å². The molecule has 1 fully saturated rings. The predicted molar refractivity (Wildman–Crippen MR) is 89.7 cm³/mol. The lowest BCUT2D eigenvalue weighted by atomic mass is 9.94. The van der Waals surface area contributed by atoms with Gasteiger partial charge in [0.05, 0.1) is 0 Å². The van der Waals surface area contributed by atoms with Gasteiger partial charge < -0.3 is 4.98 Å². The van der Waals surface area contributed by atoms with Crippen LogP contribution >= 0.6 is 0 Å². The van der Waals surface area contributed by atoms with E-state index in [0.717, 1.165) is 43.0 Å². The molecular formula is C19H19F2N3. The van der Waals surface area contributed by atoms with Crippen LogP contribution in [0.5, 0.6) is 0 Å². The SMILES string of the molecule is Fc1cc(F)cc(CN2CCCC(c3cc4cccnc4[nH]3)C2)c1. The first-order valence-corrected chi connectivity index (χ1v) is 8.28. The molecule has 1 unspecified atom stereocenters. The molecule has 3 nitrogen and oxygen atoms in total. The van der Waals surface area contributed by atoms with Gasteiger partial charge in [-0.15, -0.1) is 0 Å². The third-order valence-corrected chi connectivity index (χ3v) is 4.69. The summed E-state index contributed by atoms with van der Waals surface area (Å²) in [4.78, 5) is 10.0. The molecule has 5 heteroatoms. The van der Waals surface area contributed by atoms with Gasteiger partial charge in [-0.3, -0.25) is 4.90 Å². The smallest absolute Gasteiger partial charge is 0.137 e. The number of hydrogen-bond acceptors (Lipinski definition) is 2. The van der Waals surface area contributed by atoms with Crippen LogP contribution in [0.15, 0.2) is 42.6 Å². The number of aromatic nitrogens is 2. The lowest BCUT2D eigenvalue weighted by molar-refractivity contribution is 0.198. The van der Waals surface area contributed by atoms with Crippen LogP contribution in [0.1, 0.15) is 30.0 Å². The van der Waals surface area contributed by atoms with Crippen molar-refractivity contribution in [3.8, 4) is 0 Å². The summed E-state index contributed by atoms with van der Waals surface area (Å²) in [6.45, 7) is 2.40. The highest BCUT2D eigenvalue weighted by Gasteiger charge is 2.23. The normalized spacial score (nSPS) is 19.0. The second-order valence-electron chi connectivity index (χ2n) is 6.52. The van der Waals surface area contributed by atoms with E-state index in [1.807, 2.05) is 6.07 Å². The molecule has 2 aromatic heterocycles. The van der Waals surface area contributed by atoms with Gasteiger partial charge in [0.15, 0.2) is 0 Å². The van der Waals surface area contributed by atoms with Gasteiger partial charge in [0.1, 0.15) is 17.3 Å². The Morgan fingerprint density at radius 3 is 2.79 bits per heavy atom. The Morgan fingerprint density at radius 1 is 1.17 bits per heavy atom. The topological polar surface area (TPSA) is 31.9 Å². The lowest BCUT2D eigenvalue weighted by Crippen LogP contribution is -2.34. The van der Waals surface area contributed by atoms with E-state index in [-0.39, 0.29) is 0 Å². The van der Waals surface area contributed by atoms with Gasteiger partial charge in [-0.1, -0.05) is 0 Å². The first-order chi connectivity index (χ1) is 11.7. The zero-order chi connectivity index (χ0) is 16.5. The molecule has 3 aromatic rings. The Kier molecular flexibility index (Phi) is 4.02. The van der Waals surface area contributed by atoms with Crippen LogP contribution in [-0.2, 0) is 6.54 Å². The maximum absolute atomic E-state index is 13.4. The number of piperidine rings is 1. The molecule has 1 aliphatic rings. The average molecular weight is 327 g/mol. The van der Waals surface area contributed by atoms with Crippen molar-refractivity contribution < 1.29 is 8.78 Å². The second-order valence-corrected chi connectivity index (χ2v) is 6.52. The summed E-state index contributed by atoms with van der Waals surface area (Å²) in [5, 5.41) is 1.12. The van der Waals surface area contributed by atoms with Crippen molar-refractivity contribution in [3.05, 3.63) is 65.5 Å². The van der Waals surface area contributed by atoms with Gasteiger partial charge in [0, 0.05) is 42.4 Å². The van der Waals surface area contributed by atoms with Crippen molar-refractivity contribution in [1.29, 1.82) is 0 Å². The maximum Gasteiger partial charge on any atom is 0.137 e. The molecule has 0 amide bonds. The number of fused-ring (bicyclic) bond motifs is 1. The number of hydrogen-bond donors (Lipinski definition) is 1.